The van der Waals surface area contributed by atoms with E-state index in [9.17, 15) is 14.0 Å². The van der Waals surface area contributed by atoms with Crippen molar-refractivity contribution < 1.29 is 28.9 Å². The number of carboxylic acids is 1. The molecule has 1 saturated carbocycles. The number of aliphatic imine (C=N–C) groups is 1. The normalized spacial score (nSPS) is 23.8. The van der Waals surface area contributed by atoms with E-state index in [2.05, 4.69) is 26.3 Å². The fourth-order valence-electron chi connectivity index (χ4n) is 4.48. The molecule has 1 amide bonds. The van der Waals surface area contributed by atoms with Gasteiger partial charge in [-0.3, -0.25) is 9.59 Å². The first kappa shape index (κ1) is 21.9. The number of anilines is 1. The minimum absolute atomic E-state index is 0.000589. The summed E-state index contributed by atoms with van der Waals surface area (Å²) in [5.41, 5.74) is 1.44. The minimum atomic E-state index is -1.08. The average molecular weight is 447 g/mol. The maximum Gasteiger partial charge on any atom is 0.322 e. The molecule has 0 radical (unpaired) electrons. The molecule has 0 aromatic heterocycles. The molecule has 32 heavy (non-hydrogen) atoms. The van der Waals surface area contributed by atoms with Crippen LogP contribution in [0.25, 0.3) is 0 Å². The number of carbonyl (C=O) groups is 2. The second kappa shape index (κ2) is 9.43. The molecule has 0 bridgehead atoms. The van der Waals surface area contributed by atoms with Gasteiger partial charge in [-0.2, -0.15) is 0 Å². The Hall–Kier alpha value is -3.34. The third kappa shape index (κ3) is 4.62. The Labute approximate surface area is 183 Å². The number of aliphatic hydroxyl groups is 1. The van der Waals surface area contributed by atoms with Gasteiger partial charge in [-0.25, -0.2) is 9.38 Å². The highest BCUT2D eigenvalue weighted by Gasteiger charge is 2.44. The lowest BCUT2D eigenvalue weighted by molar-refractivity contribution is -0.138. The molecule has 2 heterocycles. The zero-order valence-electron chi connectivity index (χ0n) is 17.4. The van der Waals surface area contributed by atoms with Crippen LogP contribution in [0.15, 0.2) is 34.6 Å². The summed E-state index contributed by atoms with van der Waals surface area (Å²) in [5.74, 6) is -0.348. The van der Waals surface area contributed by atoms with Crippen molar-refractivity contribution in [2.45, 2.75) is 25.3 Å². The van der Waals surface area contributed by atoms with E-state index in [1.165, 1.54) is 12.1 Å². The van der Waals surface area contributed by atoms with E-state index in [1.54, 1.807) is 6.07 Å². The summed E-state index contributed by atoms with van der Waals surface area (Å²) in [7, 11) is 0. The van der Waals surface area contributed by atoms with Gasteiger partial charge in [0.15, 0.2) is 0 Å². The van der Waals surface area contributed by atoms with Gasteiger partial charge < -0.3 is 36.2 Å². The van der Waals surface area contributed by atoms with Crippen molar-refractivity contribution in [1.82, 2.24) is 16.0 Å². The molecular weight excluding hydrogens is 421 g/mol. The maximum atomic E-state index is 13.7. The van der Waals surface area contributed by atoms with Crippen LogP contribution in [0.3, 0.4) is 0 Å². The van der Waals surface area contributed by atoms with Crippen LogP contribution in [0.1, 0.15) is 19.3 Å². The Kier molecular flexibility index (Phi) is 6.45. The van der Waals surface area contributed by atoms with Crippen LogP contribution in [0, 0.1) is 17.7 Å². The van der Waals surface area contributed by atoms with E-state index < -0.39 is 18.3 Å². The lowest BCUT2D eigenvalue weighted by Crippen LogP contribution is -2.41. The molecule has 3 unspecified atom stereocenters. The third-order valence-electron chi connectivity index (χ3n) is 5.90. The van der Waals surface area contributed by atoms with Crippen molar-refractivity contribution in [2.75, 3.05) is 31.7 Å². The highest BCUT2D eigenvalue weighted by molar-refractivity contribution is 6.03. The van der Waals surface area contributed by atoms with Crippen molar-refractivity contribution >= 4 is 23.4 Å². The van der Waals surface area contributed by atoms with Gasteiger partial charge in [-0.1, -0.05) is 0 Å². The number of amides is 1. The summed E-state index contributed by atoms with van der Waals surface area (Å²) in [4.78, 5) is 27.7. The number of rotatable bonds is 8. The molecule has 4 rings (SSSR count). The van der Waals surface area contributed by atoms with Crippen LogP contribution in [-0.4, -0.2) is 60.4 Å². The highest BCUT2D eigenvalue weighted by Crippen LogP contribution is 2.40. The van der Waals surface area contributed by atoms with Gasteiger partial charge in [0.05, 0.1) is 12.3 Å². The maximum absolute atomic E-state index is 13.7. The highest BCUT2D eigenvalue weighted by atomic mass is 19.1. The van der Waals surface area contributed by atoms with E-state index in [0.717, 1.165) is 17.8 Å². The number of fused-ring (bicyclic) bond motifs is 3. The number of carbonyl (C=O) groups excluding carboxylic acids is 1. The van der Waals surface area contributed by atoms with Crippen molar-refractivity contribution in [3.8, 4) is 5.75 Å². The number of carboxylic acid groups (broad SMARTS) is 1. The number of aliphatic hydroxyl groups excluding tert-OH is 1. The number of ether oxygens (including phenoxy) is 1. The Morgan fingerprint density at radius 3 is 2.94 bits per heavy atom. The first-order valence-electron chi connectivity index (χ1n) is 10.6. The van der Waals surface area contributed by atoms with E-state index in [-0.39, 0.29) is 42.7 Å². The van der Waals surface area contributed by atoms with Crippen LogP contribution in [0.4, 0.5) is 10.1 Å². The zero-order valence-corrected chi connectivity index (χ0v) is 17.4. The molecule has 0 spiro atoms. The average Bonchev–Trinajstić information content (AvgIpc) is 3.16. The lowest BCUT2D eigenvalue weighted by atomic mass is 9.76. The topological polar surface area (TPSA) is 144 Å². The standard InChI is InChI=1S/C21H26FN5O5/c22-12-2-4-15(16(8-12)32-6-5-28)27-20-18-13-7-11(21(31)23-9-17(29)30)1-3-14(13)26-19(18)24-10-25-20/h2,4,8,11,13-14,25,27-28H,1,3,5-7,9-10H2,(H,23,31)(H,24,26)(H,29,30). The lowest BCUT2D eigenvalue weighted by Gasteiger charge is -2.31. The molecule has 1 saturated heterocycles. The van der Waals surface area contributed by atoms with Gasteiger partial charge in [0.1, 0.15) is 43.0 Å². The van der Waals surface area contributed by atoms with Gasteiger partial charge in [-0.15, -0.1) is 0 Å². The van der Waals surface area contributed by atoms with Crippen LogP contribution in [-0.2, 0) is 9.59 Å². The molecule has 3 aliphatic rings. The van der Waals surface area contributed by atoms with Crippen molar-refractivity contribution in [3.05, 3.63) is 35.4 Å². The fraction of sp³-hybridized carbons (Fsp3) is 0.476. The number of hydrogen-bond donors (Lipinski definition) is 6. The molecule has 1 aromatic rings. The van der Waals surface area contributed by atoms with Crippen LogP contribution in [0.5, 0.6) is 5.75 Å². The Morgan fingerprint density at radius 2 is 2.16 bits per heavy atom. The van der Waals surface area contributed by atoms with E-state index in [4.69, 9.17) is 14.9 Å². The fourth-order valence-corrected chi connectivity index (χ4v) is 4.48. The predicted molar refractivity (Wildman–Crippen MR) is 113 cm³/mol. The molecule has 2 aliphatic heterocycles. The van der Waals surface area contributed by atoms with Crippen molar-refractivity contribution in [2.24, 2.45) is 16.8 Å². The quantitative estimate of drug-likeness (QED) is 0.335. The van der Waals surface area contributed by atoms with Crippen LogP contribution in [0.2, 0.25) is 0 Å². The number of halogens is 1. The second-order valence-electron chi connectivity index (χ2n) is 7.95. The first-order chi connectivity index (χ1) is 15.5. The molecule has 1 aromatic carbocycles. The molecule has 6 N–H and O–H groups in total. The van der Waals surface area contributed by atoms with Gasteiger partial charge in [-0.05, 0) is 31.4 Å². The third-order valence-corrected chi connectivity index (χ3v) is 5.90. The van der Waals surface area contributed by atoms with E-state index in [0.29, 0.717) is 31.0 Å². The molecule has 1 aliphatic carbocycles. The Balaban J connectivity index is 1.57. The molecule has 2 fully saturated rings. The van der Waals surface area contributed by atoms with Crippen LogP contribution >= 0.6 is 0 Å². The Bertz CT molecular complexity index is 966. The largest absolute Gasteiger partial charge is 0.489 e. The summed E-state index contributed by atoms with van der Waals surface area (Å²) in [5, 5.41) is 30.3. The smallest absolute Gasteiger partial charge is 0.322 e. The van der Waals surface area contributed by atoms with Gasteiger partial charge in [0.25, 0.3) is 0 Å². The van der Waals surface area contributed by atoms with Crippen molar-refractivity contribution in [3.63, 3.8) is 0 Å². The first-order valence-corrected chi connectivity index (χ1v) is 10.6. The number of benzene rings is 1. The number of nitrogens with zero attached hydrogens (tertiary/aromatic N) is 1. The van der Waals surface area contributed by atoms with Gasteiger partial charge >= 0.3 is 5.97 Å². The number of nitrogens with one attached hydrogen (secondary N) is 4. The number of hydrogen-bond acceptors (Lipinski definition) is 8. The van der Waals surface area contributed by atoms with E-state index in [1.807, 2.05) is 0 Å². The summed E-state index contributed by atoms with van der Waals surface area (Å²) >= 11 is 0. The minimum Gasteiger partial charge on any atom is -0.489 e. The van der Waals surface area contributed by atoms with Gasteiger partial charge in [0.2, 0.25) is 5.91 Å². The molecule has 3 atom stereocenters. The second-order valence-corrected chi connectivity index (χ2v) is 7.95. The molecular formula is C21H26FN5O5. The van der Waals surface area contributed by atoms with Crippen molar-refractivity contribution in [1.29, 1.82) is 0 Å². The molecule has 11 heteroatoms. The summed E-state index contributed by atoms with van der Waals surface area (Å²) in [6.07, 6.45) is 1.97. The predicted octanol–water partition coefficient (Wildman–Crippen LogP) is 0.368. The SMILES string of the molecule is O=C(O)CNC(=O)C1CCC2NC3=NCNC(Nc4ccc(F)cc4OCCO)=C3C2C1. The molecule has 10 nitrogen and oxygen atoms in total. The summed E-state index contributed by atoms with van der Waals surface area (Å²) < 4.78 is 19.2. The zero-order chi connectivity index (χ0) is 22.7. The number of amidine groups is 1. The van der Waals surface area contributed by atoms with Gasteiger partial charge in [0, 0.05) is 29.5 Å². The summed E-state index contributed by atoms with van der Waals surface area (Å²) in [6, 6.07) is 4.25. The Morgan fingerprint density at radius 1 is 1.31 bits per heavy atom. The monoisotopic (exact) mass is 447 g/mol. The van der Waals surface area contributed by atoms with Crippen LogP contribution < -0.4 is 26.0 Å². The number of aliphatic carboxylic acids is 1. The molecule has 172 valence electrons. The van der Waals surface area contributed by atoms with E-state index >= 15 is 0 Å². The summed E-state index contributed by atoms with van der Waals surface area (Å²) in [6.45, 7) is -0.210.